The van der Waals surface area contributed by atoms with Gasteiger partial charge in [-0.1, -0.05) is 32.0 Å². The van der Waals surface area contributed by atoms with Crippen molar-refractivity contribution in [2.75, 3.05) is 32.6 Å². The van der Waals surface area contributed by atoms with E-state index in [0.29, 0.717) is 10.8 Å². The lowest BCUT2D eigenvalue weighted by atomic mass is 10.4. The number of ether oxygens (including phenoxy) is 3. The van der Waals surface area contributed by atoms with Gasteiger partial charge in [0.15, 0.2) is 0 Å². The number of benzene rings is 1. The van der Waals surface area contributed by atoms with Crippen molar-refractivity contribution in [2.45, 2.75) is 24.8 Å². The Morgan fingerprint density at radius 3 is 2.54 bits per heavy atom. The third-order valence-corrected chi connectivity index (χ3v) is 4.05. The second kappa shape index (κ2) is 15.5. The summed E-state index contributed by atoms with van der Waals surface area (Å²) < 4.78 is 15.1. The van der Waals surface area contributed by atoms with Crippen molar-refractivity contribution < 1.29 is 23.8 Å². The van der Waals surface area contributed by atoms with Gasteiger partial charge in [0.2, 0.25) is 0 Å². The zero-order valence-corrected chi connectivity index (χ0v) is 16.9. The number of carbonyl (C=O) groups is 2. The molecule has 0 aliphatic heterocycles. The third kappa shape index (κ3) is 11.8. The van der Waals surface area contributed by atoms with Crippen molar-refractivity contribution in [3.63, 3.8) is 0 Å². The van der Waals surface area contributed by atoms with Crippen LogP contribution in [0.3, 0.4) is 0 Å². The fraction of sp³-hybridized carbons (Fsp3) is 0.444. The average Bonchev–Trinajstić information content (AvgIpc) is 2.66. The Kier molecular flexibility index (Phi) is 14.5. The van der Waals surface area contributed by atoms with E-state index in [-0.39, 0.29) is 19.8 Å². The summed E-state index contributed by atoms with van der Waals surface area (Å²) in [7, 11) is 1.54. The van der Waals surface area contributed by atoms with Crippen LogP contribution in [0.25, 0.3) is 0 Å². The summed E-state index contributed by atoms with van der Waals surface area (Å²) in [6.07, 6.45) is 0.0517. The van der Waals surface area contributed by atoms with Gasteiger partial charge in [0.1, 0.15) is 12.7 Å². The van der Waals surface area contributed by atoms with Crippen molar-refractivity contribution in [2.24, 2.45) is 0 Å². The fourth-order valence-corrected chi connectivity index (χ4v) is 2.58. The smallest absolute Gasteiger partial charge is 0.407 e. The van der Waals surface area contributed by atoms with E-state index in [4.69, 9.17) is 25.8 Å². The zero-order chi connectivity index (χ0) is 19.8. The molecule has 1 amide bonds. The predicted molar refractivity (Wildman–Crippen MR) is 105 cm³/mol. The zero-order valence-electron chi connectivity index (χ0n) is 15.3. The van der Waals surface area contributed by atoms with Crippen molar-refractivity contribution >= 4 is 35.4 Å². The normalized spacial score (nSPS) is 10.8. The number of thioether (sulfide) groups is 1. The molecule has 0 bridgehead atoms. The molecule has 0 radical (unpaired) electrons. The molecule has 1 unspecified atom stereocenters. The van der Waals surface area contributed by atoms with Crippen molar-refractivity contribution in [1.29, 1.82) is 0 Å². The maximum atomic E-state index is 11.7. The van der Waals surface area contributed by atoms with Gasteiger partial charge in [-0.2, -0.15) is 0 Å². The molecule has 0 aliphatic rings. The summed E-state index contributed by atoms with van der Waals surface area (Å²) in [6, 6.07) is 7.39. The van der Waals surface area contributed by atoms with Crippen LogP contribution in [-0.4, -0.2) is 50.8 Å². The molecule has 0 aromatic heterocycles. The maximum Gasteiger partial charge on any atom is 0.407 e. The van der Waals surface area contributed by atoms with Gasteiger partial charge < -0.3 is 19.5 Å². The highest BCUT2D eigenvalue weighted by Gasteiger charge is 2.15. The van der Waals surface area contributed by atoms with Crippen LogP contribution in [0.2, 0.25) is 5.02 Å². The van der Waals surface area contributed by atoms with Gasteiger partial charge >= 0.3 is 12.1 Å². The van der Waals surface area contributed by atoms with Gasteiger partial charge in [0.25, 0.3) is 0 Å². The van der Waals surface area contributed by atoms with Gasteiger partial charge in [-0.15, -0.1) is 11.8 Å². The largest absolute Gasteiger partial charge is 0.461 e. The lowest BCUT2D eigenvalue weighted by molar-refractivity contribution is -0.137. The first-order chi connectivity index (χ1) is 12.5. The van der Waals surface area contributed by atoms with Crippen LogP contribution in [0.15, 0.2) is 41.8 Å². The van der Waals surface area contributed by atoms with Crippen molar-refractivity contribution in [1.82, 2.24) is 5.32 Å². The first-order valence-electron chi connectivity index (χ1n) is 8.16. The van der Waals surface area contributed by atoms with E-state index < -0.39 is 18.2 Å². The molecule has 146 valence electrons. The Morgan fingerprint density at radius 1 is 1.31 bits per heavy atom. The van der Waals surface area contributed by atoms with E-state index in [1.165, 1.54) is 18.9 Å². The summed E-state index contributed by atoms with van der Waals surface area (Å²) in [4.78, 5) is 23.6. The molecule has 1 rings (SSSR count). The van der Waals surface area contributed by atoms with E-state index in [0.717, 1.165) is 11.0 Å². The number of hydrogen-bond donors (Lipinski definition) is 1. The summed E-state index contributed by atoms with van der Waals surface area (Å²) >= 11 is 7.37. The highest BCUT2D eigenvalue weighted by Crippen LogP contribution is 2.21. The highest BCUT2D eigenvalue weighted by atomic mass is 35.5. The maximum absolute atomic E-state index is 11.7. The molecule has 0 saturated heterocycles. The van der Waals surface area contributed by atoms with Crippen molar-refractivity contribution in [3.8, 4) is 0 Å². The van der Waals surface area contributed by atoms with Crippen LogP contribution >= 0.6 is 23.4 Å². The Labute approximate surface area is 164 Å². The number of alkyl carbamates (subject to hydrolysis) is 1. The first kappa shape index (κ1) is 24.3. The van der Waals surface area contributed by atoms with Crippen LogP contribution in [0.1, 0.15) is 13.8 Å². The molecule has 1 aromatic carbocycles. The van der Waals surface area contributed by atoms with Crippen molar-refractivity contribution in [3.05, 3.63) is 41.9 Å². The molecule has 0 saturated carbocycles. The van der Waals surface area contributed by atoms with Gasteiger partial charge in [0.05, 0.1) is 13.2 Å². The first-order valence-corrected chi connectivity index (χ1v) is 9.52. The quantitative estimate of drug-likeness (QED) is 0.276. The summed E-state index contributed by atoms with van der Waals surface area (Å²) in [5, 5.41) is 3.17. The number of carbonyl (C=O) groups excluding carboxylic acids is 2. The molecule has 0 fully saturated rings. The Bertz CT molecular complexity index is 539. The van der Waals surface area contributed by atoms with Crippen LogP contribution in [0.4, 0.5) is 4.79 Å². The minimum absolute atomic E-state index is 0.0500. The number of amides is 1. The molecule has 26 heavy (non-hydrogen) atoms. The second-order valence-electron chi connectivity index (χ2n) is 4.55. The molecule has 6 nitrogen and oxygen atoms in total. The van der Waals surface area contributed by atoms with Crippen LogP contribution < -0.4 is 5.32 Å². The van der Waals surface area contributed by atoms with E-state index in [1.54, 1.807) is 12.1 Å². The third-order valence-electron chi connectivity index (χ3n) is 2.66. The van der Waals surface area contributed by atoms with E-state index in [2.05, 4.69) is 11.9 Å². The van der Waals surface area contributed by atoms with Gasteiger partial charge in [0, 0.05) is 28.9 Å². The van der Waals surface area contributed by atoms with Crippen LogP contribution in [0.5, 0.6) is 0 Å². The van der Waals surface area contributed by atoms with Crippen LogP contribution in [0, 0.1) is 0 Å². The highest BCUT2D eigenvalue weighted by molar-refractivity contribution is 7.99. The molecular weight excluding hydrogens is 378 g/mol. The lowest BCUT2D eigenvalue weighted by Crippen LogP contribution is -2.34. The second-order valence-corrected chi connectivity index (χ2v) is 6.08. The standard InChI is InChI=1S/C16H20ClNO5S.C2H6/c1-3-15(19)22-9-8-18-16(20)23-13(10-21-2)11-24-14-6-4-12(17)5-7-14;1-2/h3-7,13H,1,8-11H2,2H3,(H,18,20);1-2H3. The Balaban J connectivity index is 0.00000301. The number of nitrogens with one attached hydrogen (secondary N) is 1. The molecule has 1 aromatic rings. The number of esters is 1. The molecular formula is C18H26ClNO5S. The van der Waals surface area contributed by atoms with Gasteiger partial charge in [-0.25, -0.2) is 9.59 Å². The predicted octanol–water partition coefficient (Wildman–Crippen LogP) is 3.93. The summed E-state index contributed by atoms with van der Waals surface area (Å²) in [6.45, 7) is 7.76. The van der Waals surface area contributed by atoms with Crippen LogP contribution in [-0.2, 0) is 19.0 Å². The molecule has 1 N–H and O–H groups in total. The minimum Gasteiger partial charge on any atom is -0.461 e. The Morgan fingerprint density at radius 2 is 1.96 bits per heavy atom. The number of methoxy groups -OCH3 is 1. The van der Waals surface area contributed by atoms with E-state index >= 15 is 0 Å². The minimum atomic E-state index is -0.594. The molecule has 8 heteroatoms. The van der Waals surface area contributed by atoms with E-state index in [9.17, 15) is 9.59 Å². The molecule has 0 spiro atoms. The SMILES string of the molecule is C=CC(=O)OCCNC(=O)OC(COC)CSc1ccc(Cl)cc1.CC. The summed E-state index contributed by atoms with van der Waals surface area (Å²) in [5.74, 6) is -0.00395. The monoisotopic (exact) mass is 403 g/mol. The fourth-order valence-electron chi connectivity index (χ4n) is 1.58. The Hall–Kier alpha value is -1.70. The number of rotatable bonds is 10. The van der Waals surface area contributed by atoms with E-state index in [1.807, 2.05) is 26.0 Å². The molecule has 0 aliphatic carbocycles. The number of hydrogen-bond acceptors (Lipinski definition) is 6. The molecule has 1 atom stereocenters. The number of halogens is 1. The van der Waals surface area contributed by atoms with Gasteiger partial charge in [-0.3, -0.25) is 0 Å². The van der Waals surface area contributed by atoms with Gasteiger partial charge in [-0.05, 0) is 24.3 Å². The lowest BCUT2D eigenvalue weighted by Gasteiger charge is -2.17. The average molecular weight is 404 g/mol. The topological polar surface area (TPSA) is 73.9 Å². The molecule has 0 heterocycles. The summed E-state index contributed by atoms with van der Waals surface area (Å²) in [5.41, 5.74) is 0.